The highest BCUT2D eigenvalue weighted by molar-refractivity contribution is 5.94. The number of amides is 1. The zero-order chi connectivity index (χ0) is 13.8. The van der Waals surface area contributed by atoms with Crippen LogP contribution in [0, 0.1) is 5.92 Å². The van der Waals surface area contributed by atoms with Crippen LogP contribution in [0.2, 0.25) is 0 Å². The normalized spacial score (nSPS) is 13.8. The molecular weight excluding hydrogens is 252 g/mol. The average molecular weight is 268 g/mol. The predicted molar refractivity (Wildman–Crippen MR) is 76.4 cm³/mol. The molecule has 1 N–H and O–H groups in total. The van der Waals surface area contributed by atoms with Gasteiger partial charge >= 0.3 is 0 Å². The van der Waals surface area contributed by atoms with Crippen molar-refractivity contribution in [1.82, 2.24) is 4.98 Å². The van der Waals surface area contributed by atoms with E-state index in [9.17, 15) is 4.79 Å². The molecule has 3 rings (SSSR count). The molecule has 1 saturated carbocycles. The van der Waals surface area contributed by atoms with Crippen molar-refractivity contribution in [2.24, 2.45) is 5.92 Å². The Morgan fingerprint density at radius 2 is 2.15 bits per heavy atom. The van der Waals surface area contributed by atoms with Crippen LogP contribution >= 0.6 is 0 Å². The number of carbonyl (C=O) groups is 1. The number of hydrogen-bond donors (Lipinski definition) is 1. The SMILES string of the molecule is O=C(Nc1cccc(OCc2ccccn2)c1)C1CC1. The highest BCUT2D eigenvalue weighted by Crippen LogP contribution is 2.30. The van der Waals surface area contributed by atoms with Crippen molar-refractivity contribution in [2.75, 3.05) is 5.32 Å². The Kier molecular flexibility index (Phi) is 3.63. The molecule has 1 aliphatic rings. The molecule has 0 atom stereocenters. The van der Waals surface area contributed by atoms with Crippen molar-refractivity contribution in [3.8, 4) is 5.75 Å². The lowest BCUT2D eigenvalue weighted by molar-refractivity contribution is -0.117. The molecule has 102 valence electrons. The van der Waals surface area contributed by atoms with Gasteiger partial charge in [-0.2, -0.15) is 0 Å². The van der Waals surface area contributed by atoms with Crippen molar-refractivity contribution < 1.29 is 9.53 Å². The van der Waals surface area contributed by atoms with Gasteiger partial charge in [-0.25, -0.2) is 0 Å². The number of carbonyl (C=O) groups excluding carboxylic acids is 1. The zero-order valence-electron chi connectivity index (χ0n) is 11.1. The molecule has 4 nitrogen and oxygen atoms in total. The van der Waals surface area contributed by atoms with E-state index < -0.39 is 0 Å². The Hall–Kier alpha value is -2.36. The van der Waals surface area contributed by atoms with Gasteiger partial charge in [0.25, 0.3) is 0 Å². The molecule has 1 aliphatic carbocycles. The maximum atomic E-state index is 11.7. The lowest BCUT2D eigenvalue weighted by Gasteiger charge is -2.08. The van der Waals surface area contributed by atoms with Gasteiger partial charge in [-0.1, -0.05) is 12.1 Å². The first-order valence-electron chi connectivity index (χ1n) is 6.75. The number of pyridine rings is 1. The number of aromatic nitrogens is 1. The Morgan fingerprint density at radius 3 is 2.90 bits per heavy atom. The summed E-state index contributed by atoms with van der Waals surface area (Å²) < 4.78 is 5.68. The summed E-state index contributed by atoms with van der Waals surface area (Å²) in [5, 5.41) is 2.91. The summed E-state index contributed by atoms with van der Waals surface area (Å²) in [7, 11) is 0. The number of hydrogen-bond acceptors (Lipinski definition) is 3. The van der Waals surface area contributed by atoms with Gasteiger partial charge in [0.15, 0.2) is 0 Å². The van der Waals surface area contributed by atoms with Gasteiger partial charge in [-0.05, 0) is 37.1 Å². The third-order valence-corrected chi connectivity index (χ3v) is 3.16. The van der Waals surface area contributed by atoms with E-state index in [-0.39, 0.29) is 11.8 Å². The molecular formula is C16H16N2O2. The van der Waals surface area contributed by atoms with Gasteiger partial charge < -0.3 is 10.1 Å². The number of ether oxygens (including phenoxy) is 1. The van der Waals surface area contributed by atoms with Gasteiger partial charge in [0, 0.05) is 23.9 Å². The minimum atomic E-state index is 0.104. The second-order valence-corrected chi connectivity index (χ2v) is 4.90. The molecule has 1 amide bonds. The van der Waals surface area contributed by atoms with Crippen molar-refractivity contribution >= 4 is 11.6 Å². The molecule has 0 radical (unpaired) electrons. The topological polar surface area (TPSA) is 51.2 Å². The van der Waals surface area contributed by atoms with Gasteiger partial charge in [0.05, 0.1) is 5.69 Å². The minimum absolute atomic E-state index is 0.104. The third-order valence-electron chi connectivity index (χ3n) is 3.16. The van der Waals surface area contributed by atoms with Crippen LogP contribution in [0.5, 0.6) is 5.75 Å². The monoisotopic (exact) mass is 268 g/mol. The number of rotatable bonds is 5. The molecule has 2 aromatic rings. The van der Waals surface area contributed by atoms with E-state index >= 15 is 0 Å². The van der Waals surface area contributed by atoms with Crippen molar-refractivity contribution in [2.45, 2.75) is 19.4 Å². The van der Waals surface area contributed by atoms with Crippen molar-refractivity contribution in [1.29, 1.82) is 0 Å². The molecule has 1 aromatic carbocycles. The van der Waals surface area contributed by atoms with E-state index in [1.165, 1.54) is 0 Å². The number of nitrogens with one attached hydrogen (secondary N) is 1. The fraction of sp³-hybridized carbons (Fsp3) is 0.250. The predicted octanol–water partition coefficient (Wildman–Crippen LogP) is 3.01. The van der Waals surface area contributed by atoms with E-state index in [0.717, 1.165) is 30.0 Å². The molecule has 0 saturated heterocycles. The maximum absolute atomic E-state index is 11.7. The van der Waals surface area contributed by atoms with Crippen LogP contribution in [0.25, 0.3) is 0 Å². The molecule has 1 fully saturated rings. The van der Waals surface area contributed by atoms with Gasteiger partial charge in [0.2, 0.25) is 5.91 Å². The summed E-state index contributed by atoms with van der Waals surface area (Å²) >= 11 is 0. The first kappa shape index (κ1) is 12.7. The summed E-state index contributed by atoms with van der Waals surface area (Å²) in [6, 6.07) is 13.2. The fourth-order valence-corrected chi connectivity index (χ4v) is 1.89. The van der Waals surface area contributed by atoms with Crippen LogP contribution < -0.4 is 10.1 Å². The molecule has 0 bridgehead atoms. The highest BCUT2D eigenvalue weighted by atomic mass is 16.5. The minimum Gasteiger partial charge on any atom is -0.487 e. The van der Waals surface area contributed by atoms with E-state index in [2.05, 4.69) is 10.3 Å². The first-order valence-corrected chi connectivity index (χ1v) is 6.75. The van der Waals surface area contributed by atoms with E-state index in [1.54, 1.807) is 6.20 Å². The molecule has 0 spiro atoms. The summed E-state index contributed by atoms with van der Waals surface area (Å²) in [5.74, 6) is 1.03. The Labute approximate surface area is 117 Å². The van der Waals surface area contributed by atoms with E-state index in [0.29, 0.717) is 6.61 Å². The summed E-state index contributed by atoms with van der Waals surface area (Å²) in [4.78, 5) is 15.9. The van der Waals surface area contributed by atoms with Crippen LogP contribution in [0.4, 0.5) is 5.69 Å². The zero-order valence-corrected chi connectivity index (χ0v) is 11.1. The van der Waals surface area contributed by atoms with Gasteiger partial charge in [0.1, 0.15) is 12.4 Å². The molecule has 0 unspecified atom stereocenters. The highest BCUT2D eigenvalue weighted by Gasteiger charge is 2.29. The van der Waals surface area contributed by atoms with Crippen molar-refractivity contribution in [3.05, 3.63) is 54.4 Å². The number of benzene rings is 1. The molecule has 1 heterocycles. The van der Waals surface area contributed by atoms with Crippen LogP contribution in [-0.4, -0.2) is 10.9 Å². The summed E-state index contributed by atoms with van der Waals surface area (Å²) in [6.45, 7) is 0.418. The summed E-state index contributed by atoms with van der Waals surface area (Å²) in [5.41, 5.74) is 1.65. The van der Waals surface area contributed by atoms with Gasteiger partial charge in [-0.15, -0.1) is 0 Å². The quantitative estimate of drug-likeness (QED) is 0.907. The van der Waals surface area contributed by atoms with E-state index in [4.69, 9.17) is 4.74 Å². The number of anilines is 1. The van der Waals surface area contributed by atoms with Crippen LogP contribution in [-0.2, 0) is 11.4 Å². The molecule has 1 aromatic heterocycles. The average Bonchev–Trinajstić information content (AvgIpc) is 3.31. The lowest BCUT2D eigenvalue weighted by atomic mass is 10.3. The third kappa shape index (κ3) is 3.35. The van der Waals surface area contributed by atoms with Crippen LogP contribution in [0.3, 0.4) is 0 Å². The largest absolute Gasteiger partial charge is 0.487 e. The Bertz CT molecular complexity index is 594. The maximum Gasteiger partial charge on any atom is 0.227 e. The second kappa shape index (κ2) is 5.74. The Balaban J connectivity index is 1.60. The molecule has 4 heteroatoms. The standard InChI is InChI=1S/C16H16N2O2/c19-16(12-7-8-12)18-13-5-3-6-15(10-13)20-11-14-4-1-2-9-17-14/h1-6,9-10,12H,7-8,11H2,(H,18,19). The van der Waals surface area contributed by atoms with E-state index in [1.807, 2.05) is 42.5 Å². The first-order chi connectivity index (χ1) is 9.81. The molecule has 0 aliphatic heterocycles. The Morgan fingerprint density at radius 1 is 1.25 bits per heavy atom. The second-order valence-electron chi connectivity index (χ2n) is 4.90. The number of nitrogens with zero attached hydrogens (tertiary/aromatic N) is 1. The molecule has 20 heavy (non-hydrogen) atoms. The van der Waals surface area contributed by atoms with Crippen LogP contribution in [0.15, 0.2) is 48.7 Å². The smallest absolute Gasteiger partial charge is 0.227 e. The van der Waals surface area contributed by atoms with Gasteiger partial charge in [-0.3, -0.25) is 9.78 Å². The fourth-order valence-electron chi connectivity index (χ4n) is 1.89. The lowest BCUT2D eigenvalue weighted by Crippen LogP contribution is -2.13. The summed E-state index contributed by atoms with van der Waals surface area (Å²) in [6.07, 6.45) is 3.74. The van der Waals surface area contributed by atoms with Crippen LogP contribution in [0.1, 0.15) is 18.5 Å². The van der Waals surface area contributed by atoms with Crippen molar-refractivity contribution in [3.63, 3.8) is 0 Å².